The van der Waals surface area contributed by atoms with Crippen LogP contribution in [0.3, 0.4) is 0 Å². The molecule has 1 amide bonds. The lowest BCUT2D eigenvalue weighted by molar-refractivity contribution is -0.135. The summed E-state index contributed by atoms with van der Waals surface area (Å²) in [6.45, 7) is 3.18. The molecule has 0 aliphatic heterocycles. The predicted molar refractivity (Wildman–Crippen MR) is 67.1 cm³/mol. The number of amides is 1. The van der Waals surface area contributed by atoms with Crippen LogP contribution in [0.25, 0.3) is 0 Å². The third kappa shape index (κ3) is 3.94. The quantitative estimate of drug-likeness (QED) is 0.832. The summed E-state index contributed by atoms with van der Waals surface area (Å²) in [6.07, 6.45) is 0. The number of carbonyl (C=O) groups excluding carboxylic acids is 1. The zero-order valence-electron chi connectivity index (χ0n) is 9.57. The van der Waals surface area contributed by atoms with Gasteiger partial charge in [-0.2, -0.15) is 0 Å². The van der Waals surface area contributed by atoms with Gasteiger partial charge in [0.25, 0.3) is 0 Å². The molecule has 0 saturated heterocycles. The minimum absolute atomic E-state index is 0.00222. The Morgan fingerprint density at radius 1 is 1.44 bits per heavy atom. The lowest BCUT2D eigenvalue weighted by atomic mass is 10.2. The molecule has 0 bridgehead atoms. The largest absolute Gasteiger partial charge is 0.372 e. The van der Waals surface area contributed by atoms with Crippen LogP contribution in [0.2, 0.25) is 0 Å². The standard InChI is InChI=1S/C12H16BrNO2/c1-3-16-9-12(15)14(2)8-10-6-4-5-7-11(10)13/h4-7H,3,8-9H2,1-2H3. The van der Waals surface area contributed by atoms with Crippen LogP contribution in [0.1, 0.15) is 12.5 Å². The number of ether oxygens (including phenoxy) is 1. The number of likely N-dealkylation sites (N-methyl/N-ethyl adjacent to an activating group) is 1. The molecule has 0 N–H and O–H groups in total. The monoisotopic (exact) mass is 285 g/mol. The van der Waals surface area contributed by atoms with Gasteiger partial charge < -0.3 is 9.64 Å². The van der Waals surface area contributed by atoms with Crippen molar-refractivity contribution in [1.29, 1.82) is 0 Å². The zero-order valence-corrected chi connectivity index (χ0v) is 11.2. The van der Waals surface area contributed by atoms with Gasteiger partial charge in [0.1, 0.15) is 6.61 Å². The second-order valence-corrected chi connectivity index (χ2v) is 4.33. The van der Waals surface area contributed by atoms with Crippen molar-refractivity contribution in [3.63, 3.8) is 0 Å². The van der Waals surface area contributed by atoms with E-state index in [-0.39, 0.29) is 12.5 Å². The van der Waals surface area contributed by atoms with Crippen LogP contribution in [-0.2, 0) is 16.1 Å². The smallest absolute Gasteiger partial charge is 0.248 e. The molecule has 0 aliphatic rings. The summed E-state index contributed by atoms with van der Waals surface area (Å²) < 4.78 is 6.10. The predicted octanol–water partition coefficient (Wildman–Crippen LogP) is 2.44. The summed E-state index contributed by atoms with van der Waals surface area (Å²) in [5, 5.41) is 0. The van der Waals surface area contributed by atoms with Gasteiger partial charge in [-0.25, -0.2) is 0 Å². The Labute approximate surface area is 105 Å². The van der Waals surface area contributed by atoms with Crippen molar-refractivity contribution in [2.24, 2.45) is 0 Å². The fraction of sp³-hybridized carbons (Fsp3) is 0.417. The molecule has 0 unspecified atom stereocenters. The fourth-order valence-electron chi connectivity index (χ4n) is 1.27. The first-order chi connectivity index (χ1) is 7.65. The number of nitrogens with zero attached hydrogens (tertiary/aromatic N) is 1. The molecule has 1 aromatic carbocycles. The van der Waals surface area contributed by atoms with Crippen LogP contribution in [0.5, 0.6) is 0 Å². The van der Waals surface area contributed by atoms with E-state index < -0.39 is 0 Å². The minimum Gasteiger partial charge on any atom is -0.372 e. The maximum absolute atomic E-state index is 11.6. The van der Waals surface area contributed by atoms with Gasteiger partial charge in [-0.15, -0.1) is 0 Å². The molecule has 3 nitrogen and oxygen atoms in total. The van der Waals surface area contributed by atoms with Crippen molar-refractivity contribution in [2.45, 2.75) is 13.5 Å². The van der Waals surface area contributed by atoms with Gasteiger partial charge in [0, 0.05) is 24.7 Å². The molecule has 16 heavy (non-hydrogen) atoms. The molecule has 1 aromatic rings. The van der Waals surface area contributed by atoms with Crippen molar-refractivity contribution in [3.05, 3.63) is 34.3 Å². The summed E-state index contributed by atoms with van der Waals surface area (Å²) in [4.78, 5) is 13.3. The Morgan fingerprint density at radius 2 is 2.12 bits per heavy atom. The normalized spacial score (nSPS) is 10.2. The first kappa shape index (κ1) is 13.2. The second-order valence-electron chi connectivity index (χ2n) is 3.48. The van der Waals surface area contributed by atoms with Crippen molar-refractivity contribution >= 4 is 21.8 Å². The number of hydrogen-bond donors (Lipinski definition) is 0. The van der Waals surface area contributed by atoms with Crippen LogP contribution in [-0.4, -0.2) is 31.1 Å². The third-order valence-electron chi connectivity index (χ3n) is 2.22. The molecule has 0 atom stereocenters. The lowest BCUT2D eigenvalue weighted by Crippen LogP contribution is -2.29. The molecule has 0 spiro atoms. The van der Waals surface area contributed by atoms with Crippen molar-refractivity contribution in [1.82, 2.24) is 4.90 Å². The highest BCUT2D eigenvalue weighted by molar-refractivity contribution is 9.10. The molecule has 0 radical (unpaired) electrons. The molecule has 4 heteroatoms. The van der Waals surface area contributed by atoms with Gasteiger partial charge in [0.15, 0.2) is 0 Å². The number of rotatable bonds is 5. The summed E-state index contributed by atoms with van der Waals surface area (Å²) >= 11 is 3.46. The first-order valence-corrected chi connectivity index (χ1v) is 5.99. The topological polar surface area (TPSA) is 29.5 Å². The maximum Gasteiger partial charge on any atom is 0.248 e. The van der Waals surface area contributed by atoms with E-state index in [0.29, 0.717) is 13.2 Å². The van der Waals surface area contributed by atoms with E-state index in [2.05, 4.69) is 15.9 Å². The Hall–Kier alpha value is -0.870. The summed E-state index contributed by atoms with van der Waals surface area (Å²) in [5.41, 5.74) is 1.09. The van der Waals surface area contributed by atoms with Gasteiger partial charge >= 0.3 is 0 Å². The van der Waals surface area contributed by atoms with Crippen molar-refractivity contribution < 1.29 is 9.53 Å². The maximum atomic E-state index is 11.6. The Kier molecular flexibility index (Phi) is 5.49. The molecular weight excluding hydrogens is 270 g/mol. The fourth-order valence-corrected chi connectivity index (χ4v) is 1.68. The third-order valence-corrected chi connectivity index (χ3v) is 2.99. The first-order valence-electron chi connectivity index (χ1n) is 5.20. The van der Waals surface area contributed by atoms with Crippen LogP contribution >= 0.6 is 15.9 Å². The van der Waals surface area contributed by atoms with Crippen LogP contribution < -0.4 is 0 Å². The molecule has 0 heterocycles. The Morgan fingerprint density at radius 3 is 2.75 bits per heavy atom. The van der Waals surface area contributed by atoms with E-state index in [1.165, 1.54) is 0 Å². The molecule has 1 rings (SSSR count). The molecule has 0 saturated carbocycles. The number of halogens is 1. The summed E-state index contributed by atoms with van der Waals surface area (Å²) in [5.74, 6) is -0.00222. The van der Waals surface area contributed by atoms with Gasteiger partial charge in [-0.05, 0) is 18.6 Å². The molecule has 88 valence electrons. The van der Waals surface area contributed by atoms with Crippen molar-refractivity contribution in [3.8, 4) is 0 Å². The van der Waals surface area contributed by atoms with Gasteiger partial charge in [0.2, 0.25) is 5.91 Å². The van der Waals surface area contributed by atoms with Gasteiger partial charge in [-0.1, -0.05) is 34.1 Å². The highest BCUT2D eigenvalue weighted by Crippen LogP contribution is 2.17. The minimum atomic E-state index is -0.00222. The SMILES string of the molecule is CCOCC(=O)N(C)Cc1ccccc1Br. The summed E-state index contributed by atoms with van der Waals surface area (Å²) in [7, 11) is 1.78. The highest BCUT2D eigenvalue weighted by atomic mass is 79.9. The van der Waals surface area contributed by atoms with E-state index in [1.54, 1.807) is 11.9 Å². The number of carbonyl (C=O) groups is 1. The lowest BCUT2D eigenvalue weighted by Gasteiger charge is -2.17. The van der Waals surface area contributed by atoms with E-state index >= 15 is 0 Å². The summed E-state index contributed by atoms with van der Waals surface area (Å²) in [6, 6.07) is 7.88. The Bertz CT molecular complexity index is 355. The van der Waals surface area contributed by atoms with Gasteiger partial charge in [0.05, 0.1) is 0 Å². The van der Waals surface area contributed by atoms with Crippen molar-refractivity contribution in [2.75, 3.05) is 20.3 Å². The van der Waals surface area contributed by atoms with E-state index in [4.69, 9.17) is 4.74 Å². The Balaban J connectivity index is 2.54. The van der Waals surface area contributed by atoms with Crippen LogP contribution in [0.4, 0.5) is 0 Å². The molecular formula is C12H16BrNO2. The average Bonchev–Trinajstić information content (AvgIpc) is 2.28. The molecule has 0 fully saturated rings. The van der Waals surface area contributed by atoms with E-state index in [1.807, 2.05) is 31.2 Å². The molecule has 0 aliphatic carbocycles. The van der Waals surface area contributed by atoms with Crippen LogP contribution in [0.15, 0.2) is 28.7 Å². The highest BCUT2D eigenvalue weighted by Gasteiger charge is 2.10. The zero-order chi connectivity index (χ0) is 12.0. The van der Waals surface area contributed by atoms with Gasteiger partial charge in [-0.3, -0.25) is 4.79 Å². The van der Waals surface area contributed by atoms with E-state index in [9.17, 15) is 4.79 Å². The van der Waals surface area contributed by atoms with Crippen LogP contribution in [0, 0.1) is 0 Å². The number of hydrogen-bond acceptors (Lipinski definition) is 2. The number of benzene rings is 1. The van der Waals surface area contributed by atoms with E-state index in [0.717, 1.165) is 10.0 Å². The average molecular weight is 286 g/mol. The second kappa shape index (κ2) is 6.66. The molecule has 0 aromatic heterocycles.